The third-order valence-electron chi connectivity index (χ3n) is 2.03. The van der Waals surface area contributed by atoms with Crippen LogP contribution in [0.2, 0.25) is 0 Å². The van der Waals surface area contributed by atoms with Crippen LogP contribution in [0.4, 0.5) is 4.39 Å². The van der Waals surface area contributed by atoms with Gasteiger partial charge in [0.2, 0.25) is 0 Å². The van der Waals surface area contributed by atoms with Crippen LogP contribution in [0.15, 0.2) is 18.2 Å². The van der Waals surface area contributed by atoms with Crippen molar-refractivity contribution in [2.45, 2.75) is 12.8 Å². The lowest BCUT2D eigenvalue weighted by Crippen LogP contribution is -2.09. The van der Waals surface area contributed by atoms with Crippen LogP contribution in [0.5, 0.6) is 5.75 Å². The van der Waals surface area contributed by atoms with Crippen LogP contribution in [0.1, 0.15) is 18.4 Å². The summed E-state index contributed by atoms with van der Waals surface area (Å²) in [4.78, 5) is 10.7. The molecule has 0 amide bonds. The van der Waals surface area contributed by atoms with Gasteiger partial charge in [-0.2, -0.15) is 0 Å². The van der Waals surface area contributed by atoms with Gasteiger partial charge in [0.25, 0.3) is 0 Å². The van der Waals surface area contributed by atoms with E-state index in [2.05, 4.69) is 0 Å². The minimum atomic E-state index is -1.01. The SMILES string of the molecule is COc1ccc(F)cc1[C@@H](C)C(=O)O. The molecule has 0 spiro atoms. The van der Waals surface area contributed by atoms with Gasteiger partial charge in [-0.15, -0.1) is 0 Å². The molecule has 0 aromatic heterocycles. The van der Waals surface area contributed by atoms with Crippen molar-refractivity contribution in [2.24, 2.45) is 0 Å². The van der Waals surface area contributed by atoms with Crippen molar-refractivity contribution < 1.29 is 19.0 Å². The van der Waals surface area contributed by atoms with Gasteiger partial charge in [-0.3, -0.25) is 4.79 Å². The second kappa shape index (κ2) is 4.09. The van der Waals surface area contributed by atoms with E-state index in [1.165, 1.54) is 32.2 Å². The van der Waals surface area contributed by atoms with Gasteiger partial charge in [-0.1, -0.05) is 0 Å². The van der Waals surface area contributed by atoms with Crippen LogP contribution in [0, 0.1) is 5.82 Å². The van der Waals surface area contributed by atoms with Crippen LogP contribution in [-0.2, 0) is 4.79 Å². The summed E-state index contributed by atoms with van der Waals surface area (Å²) in [6.07, 6.45) is 0. The molecule has 0 bridgehead atoms. The monoisotopic (exact) mass is 198 g/mol. The fourth-order valence-electron chi connectivity index (χ4n) is 1.18. The van der Waals surface area contributed by atoms with Crippen molar-refractivity contribution in [3.63, 3.8) is 0 Å². The van der Waals surface area contributed by atoms with Crippen molar-refractivity contribution in [1.29, 1.82) is 0 Å². The highest BCUT2D eigenvalue weighted by Crippen LogP contribution is 2.27. The zero-order valence-electron chi connectivity index (χ0n) is 7.95. The Bertz CT molecular complexity index is 349. The van der Waals surface area contributed by atoms with E-state index in [0.717, 1.165) is 0 Å². The fraction of sp³-hybridized carbons (Fsp3) is 0.300. The first-order chi connectivity index (χ1) is 6.56. The second-order valence-electron chi connectivity index (χ2n) is 2.95. The number of hydrogen-bond acceptors (Lipinski definition) is 2. The molecule has 0 radical (unpaired) electrons. The molecule has 1 atom stereocenters. The summed E-state index contributed by atoms with van der Waals surface area (Å²) in [6, 6.07) is 3.83. The summed E-state index contributed by atoms with van der Waals surface area (Å²) in [5.41, 5.74) is 0.347. The van der Waals surface area contributed by atoms with E-state index in [-0.39, 0.29) is 0 Å². The number of carboxylic acids is 1. The Morgan fingerprint density at radius 3 is 2.71 bits per heavy atom. The highest BCUT2D eigenvalue weighted by atomic mass is 19.1. The van der Waals surface area contributed by atoms with Gasteiger partial charge in [0, 0.05) is 5.56 Å². The molecular formula is C10H11FO3. The highest BCUT2D eigenvalue weighted by molar-refractivity contribution is 5.76. The Kier molecular flexibility index (Phi) is 3.06. The van der Waals surface area contributed by atoms with Gasteiger partial charge in [0.15, 0.2) is 0 Å². The average molecular weight is 198 g/mol. The van der Waals surface area contributed by atoms with Crippen molar-refractivity contribution in [1.82, 2.24) is 0 Å². The minimum absolute atomic E-state index is 0.347. The first-order valence-electron chi connectivity index (χ1n) is 4.12. The van der Waals surface area contributed by atoms with Crippen LogP contribution < -0.4 is 4.74 Å². The topological polar surface area (TPSA) is 46.5 Å². The Labute approximate surface area is 81.1 Å². The molecule has 76 valence electrons. The maximum absolute atomic E-state index is 12.9. The quantitative estimate of drug-likeness (QED) is 0.808. The van der Waals surface area contributed by atoms with Crippen LogP contribution in [-0.4, -0.2) is 18.2 Å². The Balaban J connectivity index is 3.16. The largest absolute Gasteiger partial charge is 0.496 e. The highest BCUT2D eigenvalue weighted by Gasteiger charge is 2.18. The van der Waals surface area contributed by atoms with E-state index >= 15 is 0 Å². The third-order valence-corrected chi connectivity index (χ3v) is 2.03. The number of carboxylic acid groups (broad SMARTS) is 1. The van der Waals surface area contributed by atoms with Crippen LogP contribution >= 0.6 is 0 Å². The summed E-state index contributed by atoms with van der Waals surface area (Å²) < 4.78 is 17.8. The third kappa shape index (κ3) is 2.02. The lowest BCUT2D eigenvalue weighted by Gasteiger charge is -2.11. The number of carbonyl (C=O) groups is 1. The molecule has 0 aliphatic rings. The lowest BCUT2D eigenvalue weighted by atomic mass is 10.0. The molecule has 4 heteroatoms. The van der Waals surface area contributed by atoms with Crippen LogP contribution in [0.25, 0.3) is 0 Å². The molecular weight excluding hydrogens is 187 g/mol. The molecule has 0 saturated carbocycles. The fourth-order valence-corrected chi connectivity index (χ4v) is 1.18. The predicted octanol–water partition coefficient (Wildman–Crippen LogP) is 2.02. The van der Waals surface area contributed by atoms with E-state index in [4.69, 9.17) is 9.84 Å². The van der Waals surface area contributed by atoms with Gasteiger partial charge >= 0.3 is 5.97 Å². The van der Waals surface area contributed by atoms with E-state index in [0.29, 0.717) is 11.3 Å². The molecule has 0 saturated heterocycles. The summed E-state index contributed by atoms with van der Waals surface area (Å²) in [5.74, 6) is -1.86. The average Bonchev–Trinajstić information content (AvgIpc) is 2.16. The van der Waals surface area contributed by atoms with Gasteiger partial charge < -0.3 is 9.84 Å². The zero-order valence-corrected chi connectivity index (χ0v) is 7.95. The number of ether oxygens (including phenoxy) is 1. The molecule has 1 aromatic rings. The molecule has 0 aliphatic heterocycles. The number of benzene rings is 1. The van der Waals surface area contributed by atoms with E-state index < -0.39 is 17.7 Å². The van der Waals surface area contributed by atoms with E-state index in [9.17, 15) is 9.18 Å². The summed E-state index contributed by atoms with van der Waals surface area (Å²) >= 11 is 0. The number of methoxy groups -OCH3 is 1. The maximum Gasteiger partial charge on any atom is 0.310 e. The first-order valence-corrected chi connectivity index (χ1v) is 4.12. The Morgan fingerprint density at radius 2 is 2.21 bits per heavy atom. The van der Waals surface area contributed by atoms with Gasteiger partial charge in [-0.05, 0) is 25.1 Å². The molecule has 1 aromatic carbocycles. The summed E-state index contributed by atoms with van der Waals surface area (Å²) in [5, 5.41) is 8.77. The molecule has 1 N–H and O–H groups in total. The molecule has 0 heterocycles. The zero-order chi connectivity index (χ0) is 10.7. The first kappa shape index (κ1) is 10.5. The summed E-state index contributed by atoms with van der Waals surface area (Å²) in [7, 11) is 1.42. The maximum atomic E-state index is 12.9. The molecule has 1 rings (SSSR count). The lowest BCUT2D eigenvalue weighted by molar-refractivity contribution is -0.138. The molecule has 0 unspecified atom stereocenters. The number of aliphatic carboxylic acids is 1. The standard InChI is InChI=1S/C10H11FO3/c1-6(10(12)13)8-5-7(11)3-4-9(8)14-2/h3-6H,1-2H3,(H,12,13)/t6-/m1/s1. The van der Waals surface area contributed by atoms with Crippen molar-refractivity contribution in [2.75, 3.05) is 7.11 Å². The van der Waals surface area contributed by atoms with Gasteiger partial charge in [-0.25, -0.2) is 4.39 Å². The van der Waals surface area contributed by atoms with Crippen LogP contribution in [0.3, 0.4) is 0 Å². The Hall–Kier alpha value is -1.58. The Morgan fingerprint density at radius 1 is 1.57 bits per heavy atom. The molecule has 3 nitrogen and oxygen atoms in total. The predicted molar refractivity (Wildman–Crippen MR) is 49.0 cm³/mol. The second-order valence-corrected chi connectivity index (χ2v) is 2.95. The van der Waals surface area contributed by atoms with Gasteiger partial charge in [0.1, 0.15) is 11.6 Å². The number of hydrogen-bond donors (Lipinski definition) is 1. The van der Waals surface area contributed by atoms with Crippen molar-refractivity contribution >= 4 is 5.97 Å². The van der Waals surface area contributed by atoms with Gasteiger partial charge in [0.05, 0.1) is 13.0 Å². The minimum Gasteiger partial charge on any atom is -0.496 e. The normalized spacial score (nSPS) is 12.2. The number of halogens is 1. The molecule has 0 fully saturated rings. The number of rotatable bonds is 3. The van der Waals surface area contributed by atoms with E-state index in [1.54, 1.807) is 0 Å². The van der Waals surface area contributed by atoms with Crippen molar-refractivity contribution in [3.05, 3.63) is 29.6 Å². The smallest absolute Gasteiger partial charge is 0.310 e. The molecule has 0 aliphatic carbocycles. The summed E-state index contributed by atoms with van der Waals surface area (Å²) in [6.45, 7) is 1.49. The van der Waals surface area contributed by atoms with Crippen molar-refractivity contribution in [3.8, 4) is 5.75 Å². The van der Waals surface area contributed by atoms with E-state index in [1.807, 2.05) is 0 Å². The molecule has 14 heavy (non-hydrogen) atoms.